The van der Waals surface area contributed by atoms with E-state index in [1.54, 1.807) is 18.5 Å². The zero-order valence-electron chi connectivity index (χ0n) is 18.4. The summed E-state index contributed by atoms with van der Waals surface area (Å²) in [7, 11) is -3.54. The number of rotatable bonds is 8. The van der Waals surface area contributed by atoms with Crippen LogP contribution in [0.1, 0.15) is 42.4 Å². The Bertz CT molecular complexity index is 1170. The van der Waals surface area contributed by atoms with E-state index in [-0.39, 0.29) is 11.5 Å². The fourth-order valence-corrected chi connectivity index (χ4v) is 5.05. The summed E-state index contributed by atoms with van der Waals surface area (Å²) in [6.07, 6.45) is 6.02. The predicted molar refractivity (Wildman–Crippen MR) is 120 cm³/mol. The Morgan fingerprint density at radius 1 is 1.18 bits per heavy atom. The van der Waals surface area contributed by atoms with E-state index in [0.29, 0.717) is 49.1 Å². The smallest absolute Gasteiger partial charge is 0.338 e. The zero-order valence-corrected chi connectivity index (χ0v) is 19.2. The van der Waals surface area contributed by atoms with Gasteiger partial charge in [0.15, 0.2) is 0 Å². The van der Waals surface area contributed by atoms with Crippen molar-refractivity contribution in [1.29, 1.82) is 0 Å². The highest BCUT2D eigenvalue weighted by molar-refractivity contribution is 7.89. The Labute approximate surface area is 192 Å². The number of esters is 1. The Kier molecular flexibility index (Phi) is 7.14. The first-order chi connectivity index (χ1) is 15.9. The largest absolute Gasteiger partial charge is 0.462 e. The number of aromatic nitrogens is 3. The lowest BCUT2D eigenvalue weighted by Crippen LogP contribution is -2.37. The van der Waals surface area contributed by atoms with Crippen LogP contribution < -0.4 is 0 Å². The number of aryl methyl sites for hydroxylation is 1. The van der Waals surface area contributed by atoms with Crippen molar-refractivity contribution in [3.8, 4) is 11.4 Å². The van der Waals surface area contributed by atoms with E-state index >= 15 is 0 Å². The Morgan fingerprint density at radius 2 is 1.94 bits per heavy atom. The van der Waals surface area contributed by atoms with Crippen LogP contribution in [-0.2, 0) is 21.2 Å². The van der Waals surface area contributed by atoms with Crippen LogP contribution >= 0.6 is 0 Å². The molecule has 1 aliphatic heterocycles. The van der Waals surface area contributed by atoms with Gasteiger partial charge in [0.1, 0.15) is 0 Å². The second-order valence-corrected chi connectivity index (χ2v) is 10.0. The molecule has 1 aliphatic rings. The summed E-state index contributed by atoms with van der Waals surface area (Å²) < 4.78 is 37.6. The van der Waals surface area contributed by atoms with Crippen molar-refractivity contribution in [3.63, 3.8) is 0 Å². The maximum absolute atomic E-state index is 12.8. The van der Waals surface area contributed by atoms with Crippen LogP contribution in [0.25, 0.3) is 11.4 Å². The summed E-state index contributed by atoms with van der Waals surface area (Å²) >= 11 is 0. The number of carbonyl (C=O) groups is 1. The van der Waals surface area contributed by atoms with Crippen LogP contribution in [0, 0.1) is 5.92 Å². The number of hydrogen-bond donors (Lipinski definition) is 0. The van der Waals surface area contributed by atoms with Crippen molar-refractivity contribution in [2.24, 2.45) is 5.92 Å². The lowest BCUT2D eigenvalue weighted by Gasteiger charge is -2.29. The average molecular weight is 471 g/mol. The topological polar surface area (TPSA) is 115 Å². The van der Waals surface area contributed by atoms with Crippen molar-refractivity contribution in [1.82, 2.24) is 19.4 Å². The predicted octanol–water partition coefficient (Wildman–Crippen LogP) is 3.34. The van der Waals surface area contributed by atoms with Gasteiger partial charge in [0.2, 0.25) is 21.7 Å². The molecule has 0 amide bonds. The van der Waals surface area contributed by atoms with Gasteiger partial charge in [-0.25, -0.2) is 13.2 Å². The molecule has 9 nitrogen and oxygen atoms in total. The number of pyridine rings is 1. The molecule has 174 valence electrons. The first-order valence-electron chi connectivity index (χ1n) is 10.9. The quantitative estimate of drug-likeness (QED) is 0.364. The maximum atomic E-state index is 12.8. The van der Waals surface area contributed by atoms with Gasteiger partial charge in [0, 0.05) is 37.5 Å². The average Bonchev–Trinajstić information content (AvgIpc) is 3.32. The van der Waals surface area contributed by atoms with Gasteiger partial charge in [-0.1, -0.05) is 12.1 Å². The summed E-state index contributed by atoms with van der Waals surface area (Å²) in [4.78, 5) is 20.8. The molecule has 0 unspecified atom stereocenters. The molecule has 0 N–H and O–H groups in total. The molecule has 0 bridgehead atoms. The van der Waals surface area contributed by atoms with Crippen molar-refractivity contribution in [2.45, 2.75) is 37.5 Å². The Morgan fingerprint density at radius 3 is 2.64 bits per heavy atom. The van der Waals surface area contributed by atoms with Crippen molar-refractivity contribution in [3.05, 3.63) is 60.2 Å². The highest BCUT2D eigenvalue weighted by atomic mass is 32.2. The molecule has 1 aromatic carbocycles. The highest BCUT2D eigenvalue weighted by Gasteiger charge is 2.28. The van der Waals surface area contributed by atoms with E-state index < -0.39 is 16.0 Å². The van der Waals surface area contributed by atoms with Crippen LogP contribution in [0.2, 0.25) is 0 Å². The number of benzene rings is 1. The molecule has 3 heterocycles. The normalized spacial score (nSPS) is 15.4. The van der Waals surface area contributed by atoms with E-state index in [1.807, 2.05) is 6.07 Å². The molecule has 33 heavy (non-hydrogen) atoms. The maximum Gasteiger partial charge on any atom is 0.338 e. The van der Waals surface area contributed by atoms with Gasteiger partial charge in [-0.05, 0) is 61.6 Å². The third-order valence-electron chi connectivity index (χ3n) is 5.63. The van der Waals surface area contributed by atoms with Gasteiger partial charge in [-0.2, -0.15) is 9.29 Å². The molecule has 0 radical (unpaired) electrons. The Balaban J connectivity index is 1.26. The molecular weight excluding hydrogens is 444 g/mol. The molecule has 1 saturated heterocycles. The highest BCUT2D eigenvalue weighted by Crippen LogP contribution is 2.23. The number of sulfonamides is 1. The standard InChI is InChI=1S/C23H26N4O5S/c1-17-10-13-27(14-11-17)33(29,30)20-8-6-18(7-9-20)23(28)31-15-3-5-21-25-22(26-32-21)19-4-2-12-24-16-19/h2,4,6-9,12,16-17H,3,5,10-11,13-15H2,1H3. The third-order valence-corrected chi connectivity index (χ3v) is 7.54. The lowest BCUT2D eigenvalue weighted by molar-refractivity contribution is 0.0498. The summed E-state index contributed by atoms with van der Waals surface area (Å²) in [6, 6.07) is 9.53. The van der Waals surface area contributed by atoms with Gasteiger partial charge in [-0.15, -0.1) is 0 Å². The second kappa shape index (κ2) is 10.2. The molecular formula is C23H26N4O5S. The van der Waals surface area contributed by atoms with E-state index in [9.17, 15) is 13.2 Å². The summed E-state index contributed by atoms with van der Waals surface area (Å²) in [5, 5.41) is 3.93. The first-order valence-corrected chi connectivity index (χ1v) is 12.4. The minimum absolute atomic E-state index is 0.176. The van der Waals surface area contributed by atoms with Crippen LogP contribution in [0.15, 0.2) is 58.2 Å². The molecule has 10 heteroatoms. The minimum Gasteiger partial charge on any atom is -0.462 e. The fourth-order valence-electron chi connectivity index (χ4n) is 3.58. The molecule has 0 saturated carbocycles. The summed E-state index contributed by atoms with van der Waals surface area (Å²) in [6.45, 7) is 3.36. The number of nitrogens with zero attached hydrogens (tertiary/aromatic N) is 4. The number of hydrogen-bond acceptors (Lipinski definition) is 8. The SMILES string of the molecule is CC1CCN(S(=O)(=O)c2ccc(C(=O)OCCCc3nc(-c4cccnc4)no3)cc2)CC1. The van der Waals surface area contributed by atoms with Gasteiger partial charge >= 0.3 is 5.97 Å². The number of carbonyl (C=O) groups excluding carboxylic acids is 1. The van der Waals surface area contributed by atoms with Crippen LogP contribution in [0.4, 0.5) is 0 Å². The van der Waals surface area contributed by atoms with Gasteiger partial charge in [-0.3, -0.25) is 4.98 Å². The lowest BCUT2D eigenvalue weighted by atomic mass is 10.0. The van der Waals surface area contributed by atoms with Crippen LogP contribution in [0.5, 0.6) is 0 Å². The minimum atomic E-state index is -3.54. The first kappa shape index (κ1) is 23.1. The third kappa shape index (κ3) is 5.63. The molecule has 3 aromatic rings. The summed E-state index contributed by atoms with van der Waals surface area (Å²) in [5.74, 6) is 0.944. The summed E-state index contributed by atoms with van der Waals surface area (Å²) in [5.41, 5.74) is 1.07. The monoisotopic (exact) mass is 470 g/mol. The van der Waals surface area contributed by atoms with Crippen molar-refractivity contribution < 1.29 is 22.5 Å². The van der Waals surface area contributed by atoms with Gasteiger partial charge in [0.05, 0.1) is 17.1 Å². The van der Waals surface area contributed by atoms with E-state index in [2.05, 4.69) is 22.0 Å². The number of ether oxygens (including phenoxy) is 1. The molecule has 0 aliphatic carbocycles. The van der Waals surface area contributed by atoms with E-state index in [1.165, 1.54) is 28.6 Å². The van der Waals surface area contributed by atoms with Crippen molar-refractivity contribution >= 4 is 16.0 Å². The molecule has 1 fully saturated rings. The molecule has 0 spiro atoms. The van der Waals surface area contributed by atoms with Crippen LogP contribution in [0.3, 0.4) is 0 Å². The second-order valence-electron chi connectivity index (χ2n) is 8.10. The van der Waals surface area contributed by atoms with Crippen LogP contribution in [-0.4, -0.2) is 53.5 Å². The number of piperidine rings is 1. The van der Waals surface area contributed by atoms with Gasteiger partial charge < -0.3 is 9.26 Å². The van der Waals surface area contributed by atoms with E-state index in [4.69, 9.17) is 9.26 Å². The fraction of sp³-hybridized carbons (Fsp3) is 0.391. The molecule has 4 rings (SSSR count). The molecule has 2 aromatic heterocycles. The van der Waals surface area contributed by atoms with E-state index in [0.717, 1.165) is 18.4 Å². The van der Waals surface area contributed by atoms with Crippen molar-refractivity contribution in [2.75, 3.05) is 19.7 Å². The molecule has 0 atom stereocenters. The Hall–Kier alpha value is -3.11. The zero-order chi connectivity index (χ0) is 23.3. The van der Waals surface area contributed by atoms with Gasteiger partial charge in [0.25, 0.3) is 0 Å².